The van der Waals surface area contributed by atoms with Crippen molar-refractivity contribution in [2.45, 2.75) is 76.5 Å². The molecular weight excluding hydrogens is 660 g/mol. The zero-order valence-corrected chi connectivity index (χ0v) is 31.0. The van der Waals surface area contributed by atoms with Crippen LogP contribution in [0.4, 0.5) is 0 Å². The second kappa shape index (κ2) is 20.9. The third-order valence-corrected chi connectivity index (χ3v) is 10.6. The number of ether oxygens (including phenoxy) is 5. The maximum atomic E-state index is 12.9. The highest BCUT2D eigenvalue weighted by atomic mass is 16.5. The number of carbonyl (C=O) groups excluding carboxylic acids is 3. The van der Waals surface area contributed by atoms with E-state index >= 15 is 0 Å². The lowest BCUT2D eigenvalue weighted by Crippen LogP contribution is -2.26. The Bertz CT molecular complexity index is 1530. The Kier molecular flexibility index (Phi) is 16.3. The first-order valence-electron chi connectivity index (χ1n) is 18.5. The number of benzene rings is 2. The van der Waals surface area contributed by atoms with Crippen molar-refractivity contribution in [1.29, 1.82) is 0 Å². The molecule has 9 nitrogen and oxygen atoms in total. The molecule has 2 saturated carbocycles. The smallest absolute Gasteiger partial charge is 0.341 e. The molecule has 52 heavy (non-hydrogen) atoms. The fourth-order valence-electron chi connectivity index (χ4n) is 7.52. The van der Waals surface area contributed by atoms with E-state index in [2.05, 4.69) is 50.1 Å². The molecule has 9 heteroatoms. The molecule has 0 saturated heterocycles. The molecule has 0 radical (unpaired) electrons. The lowest BCUT2D eigenvalue weighted by molar-refractivity contribution is -0.140. The third-order valence-electron chi connectivity index (χ3n) is 10.6. The van der Waals surface area contributed by atoms with E-state index in [0.29, 0.717) is 48.7 Å². The van der Waals surface area contributed by atoms with Crippen LogP contribution in [-0.2, 0) is 39.8 Å². The molecule has 0 unspecified atom stereocenters. The van der Waals surface area contributed by atoms with Crippen LogP contribution in [0.1, 0.15) is 81.3 Å². The van der Waals surface area contributed by atoms with Crippen molar-refractivity contribution < 1.29 is 43.2 Å². The van der Waals surface area contributed by atoms with Crippen LogP contribution in [0.3, 0.4) is 0 Å². The molecule has 2 aliphatic carbocycles. The molecule has 0 amide bonds. The zero-order chi connectivity index (χ0) is 37.5. The minimum atomic E-state index is -0.510. The van der Waals surface area contributed by atoms with Gasteiger partial charge in [0.1, 0.15) is 5.75 Å². The topological polar surface area (TPSA) is 118 Å². The Morgan fingerprint density at radius 2 is 1.25 bits per heavy atom. The van der Waals surface area contributed by atoms with Crippen molar-refractivity contribution in [2.75, 3.05) is 47.3 Å². The molecule has 0 aromatic heterocycles. The summed E-state index contributed by atoms with van der Waals surface area (Å²) in [5.41, 5.74) is 5.02. The van der Waals surface area contributed by atoms with Crippen LogP contribution in [-0.4, -0.2) is 70.3 Å². The molecule has 0 heterocycles. The summed E-state index contributed by atoms with van der Waals surface area (Å²) in [5, 5.41) is 9.06. The van der Waals surface area contributed by atoms with Crippen molar-refractivity contribution in [3.8, 4) is 16.9 Å². The molecule has 4 rings (SSSR count). The van der Waals surface area contributed by atoms with Gasteiger partial charge in [-0.3, -0.25) is 0 Å². The molecule has 2 aliphatic rings. The molecule has 2 aromatic carbocycles. The summed E-state index contributed by atoms with van der Waals surface area (Å²) in [4.78, 5) is 36.6. The van der Waals surface area contributed by atoms with E-state index in [-0.39, 0.29) is 36.9 Å². The van der Waals surface area contributed by atoms with Gasteiger partial charge in [-0.25, -0.2) is 14.4 Å². The summed E-state index contributed by atoms with van der Waals surface area (Å²) in [5.74, 6) is 1.38. The predicted octanol–water partition coefficient (Wildman–Crippen LogP) is 7.70. The van der Waals surface area contributed by atoms with Crippen molar-refractivity contribution >= 4 is 17.9 Å². The van der Waals surface area contributed by atoms with Gasteiger partial charge in [0.05, 0.1) is 49.8 Å². The Hall–Kier alpha value is -4.05. The van der Waals surface area contributed by atoms with Gasteiger partial charge in [-0.05, 0) is 116 Å². The second-order valence-electron chi connectivity index (χ2n) is 14.2. The normalized spacial score (nSPS) is 20.1. The quantitative estimate of drug-likeness (QED) is 0.0676. The predicted molar refractivity (Wildman–Crippen MR) is 201 cm³/mol. The van der Waals surface area contributed by atoms with E-state index in [1.165, 1.54) is 27.1 Å². The summed E-state index contributed by atoms with van der Waals surface area (Å²) >= 11 is 0. The van der Waals surface area contributed by atoms with E-state index in [4.69, 9.17) is 28.8 Å². The molecule has 1 N–H and O–H groups in total. The first-order chi connectivity index (χ1) is 25.1. The Morgan fingerprint density at radius 3 is 1.87 bits per heavy atom. The number of methoxy groups -OCH3 is 2. The van der Waals surface area contributed by atoms with Crippen molar-refractivity contribution in [2.24, 2.45) is 17.8 Å². The monoisotopic (exact) mass is 716 g/mol. The van der Waals surface area contributed by atoms with Gasteiger partial charge in [-0.1, -0.05) is 62.9 Å². The standard InChI is InChI=1S/C43H56O9/c1-29(26-44)41(45)51-24-22-33-10-12-34(13-11-33)35-16-18-37(19-17-35)39-25-38(20-21-40(39)52-43(47)31(3)28-49-5)36-14-8-32(9-15-36)7-6-23-50-42(46)30(2)27-48-4/h8-9,14-15,20-21,25,33-35,37,44H,1-3,6-7,10-13,16-19,22-24,26-28H2,4-5H3. The summed E-state index contributed by atoms with van der Waals surface area (Å²) in [7, 11) is 3.04. The average molecular weight is 717 g/mol. The van der Waals surface area contributed by atoms with Crippen LogP contribution >= 0.6 is 0 Å². The number of hydrogen-bond acceptors (Lipinski definition) is 9. The minimum absolute atomic E-state index is 0.0957. The maximum absolute atomic E-state index is 12.9. The van der Waals surface area contributed by atoms with Crippen LogP contribution in [0.2, 0.25) is 0 Å². The summed E-state index contributed by atoms with van der Waals surface area (Å²) in [6.45, 7) is 11.6. The van der Waals surface area contributed by atoms with Crippen LogP contribution < -0.4 is 4.74 Å². The molecule has 2 aromatic rings. The Labute approximate surface area is 309 Å². The number of aryl methyl sites for hydroxylation is 1. The van der Waals surface area contributed by atoms with Crippen LogP contribution in [0.25, 0.3) is 11.1 Å². The van der Waals surface area contributed by atoms with Crippen LogP contribution in [0, 0.1) is 17.8 Å². The van der Waals surface area contributed by atoms with E-state index in [1.54, 1.807) is 0 Å². The molecule has 2 fully saturated rings. The number of aliphatic hydroxyl groups is 1. The number of esters is 3. The second-order valence-corrected chi connectivity index (χ2v) is 14.2. The summed E-state index contributed by atoms with van der Waals surface area (Å²) in [6.07, 6.45) is 11.4. The van der Waals surface area contributed by atoms with E-state index in [1.807, 2.05) is 12.1 Å². The SMILES string of the molecule is C=C(CO)C(=O)OCCC1CCC(C2CCC(c3cc(-c4ccc(CCCOC(=O)C(=C)COC)cc4)ccc3OC(=O)C(=C)COC)CC2)CC1. The van der Waals surface area contributed by atoms with E-state index in [9.17, 15) is 14.4 Å². The fraction of sp³-hybridized carbons (Fsp3) is 0.512. The van der Waals surface area contributed by atoms with E-state index in [0.717, 1.165) is 73.6 Å². The van der Waals surface area contributed by atoms with Gasteiger partial charge < -0.3 is 28.8 Å². The van der Waals surface area contributed by atoms with Crippen LogP contribution in [0.5, 0.6) is 5.75 Å². The summed E-state index contributed by atoms with van der Waals surface area (Å²) < 4.78 is 26.5. The first kappa shape index (κ1) is 40.7. The van der Waals surface area contributed by atoms with Crippen molar-refractivity contribution in [3.05, 3.63) is 90.0 Å². The average Bonchev–Trinajstić information content (AvgIpc) is 3.17. The molecule has 0 atom stereocenters. The molecule has 282 valence electrons. The zero-order valence-electron chi connectivity index (χ0n) is 31.0. The van der Waals surface area contributed by atoms with Gasteiger partial charge in [-0.15, -0.1) is 0 Å². The highest BCUT2D eigenvalue weighted by Gasteiger charge is 2.32. The highest BCUT2D eigenvalue weighted by molar-refractivity contribution is 5.90. The molecule has 0 spiro atoms. The number of carbonyl (C=O) groups is 3. The minimum Gasteiger partial charge on any atom is -0.462 e. The van der Waals surface area contributed by atoms with Crippen molar-refractivity contribution in [3.63, 3.8) is 0 Å². The van der Waals surface area contributed by atoms with Gasteiger partial charge in [0.15, 0.2) is 0 Å². The molecule has 0 bridgehead atoms. The van der Waals surface area contributed by atoms with Gasteiger partial charge in [-0.2, -0.15) is 0 Å². The number of aliphatic hydroxyl groups excluding tert-OH is 1. The van der Waals surface area contributed by atoms with Crippen LogP contribution in [0.15, 0.2) is 78.9 Å². The first-order valence-corrected chi connectivity index (χ1v) is 18.5. The van der Waals surface area contributed by atoms with Gasteiger partial charge in [0.25, 0.3) is 0 Å². The molecule has 0 aliphatic heterocycles. The highest BCUT2D eigenvalue weighted by Crippen LogP contribution is 2.46. The van der Waals surface area contributed by atoms with Gasteiger partial charge >= 0.3 is 17.9 Å². The third kappa shape index (κ3) is 12.0. The van der Waals surface area contributed by atoms with Gasteiger partial charge in [0, 0.05) is 14.2 Å². The lowest BCUT2D eigenvalue weighted by Gasteiger charge is -2.38. The van der Waals surface area contributed by atoms with Crippen molar-refractivity contribution in [1.82, 2.24) is 0 Å². The van der Waals surface area contributed by atoms with E-state index < -0.39 is 17.9 Å². The molecular formula is C43H56O9. The summed E-state index contributed by atoms with van der Waals surface area (Å²) in [6, 6.07) is 14.5. The fourth-order valence-corrected chi connectivity index (χ4v) is 7.52. The number of hydrogen-bond donors (Lipinski definition) is 1. The maximum Gasteiger partial charge on any atom is 0.341 e. The largest absolute Gasteiger partial charge is 0.462 e. The Balaban J connectivity index is 1.35. The number of rotatable bonds is 19. The Morgan fingerprint density at radius 1 is 0.692 bits per heavy atom. The van der Waals surface area contributed by atoms with Gasteiger partial charge in [0.2, 0.25) is 0 Å². The lowest BCUT2D eigenvalue weighted by atomic mass is 9.68.